The van der Waals surface area contributed by atoms with Gasteiger partial charge < -0.3 is 34.1 Å². The molecule has 0 aromatic heterocycles. The fourth-order valence-electron chi connectivity index (χ4n) is 5.77. The number of hydrogen-bond donors (Lipinski definition) is 1. The van der Waals surface area contributed by atoms with Crippen LogP contribution in [0.4, 0.5) is 21.5 Å². The Morgan fingerprint density at radius 1 is 0.950 bits per heavy atom. The first-order valence-corrected chi connectivity index (χ1v) is 13.7. The molecule has 3 aromatic rings. The van der Waals surface area contributed by atoms with E-state index in [-0.39, 0.29) is 5.82 Å². The molecule has 5 rings (SSSR count). The molecule has 10 heteroatoms. The molecule has 1 fully saturated rings. The van der Waals surface area contributed by atoms with Gasteiger partial charge in [0.15, 0.2) is 11.5 Å². The molecule has 1 saturated heterocycles. The molecule has 0 bridgehead atoms. The number of nitrogens with one attached hydrogen (secondary N) is 1. The number of fused-ring (bicyclic) bond motifs is 1. The Hall–Kier alpha value is -3.79. The molecule has 214 valence electrons. The molecule has 3 aromatic carbocycles. The lowest BCUT2D eigenvalue weighted by molar-refractivity contribution is 0.167. The normalized spacial score (nSPS) is 15.8. The van der Waals surface area contributed by atoms with Gasteiger partial charge in [0.1, 0.15) is 22.9 Å². The van der Waals surface area contributed by atoms with Crippen LogP contribution in [0.15, 0.2) is 39.9 Å². The zero-order chi connectivity index (χ0) is 28.2. The number of rotatable bonds is 12. The molecule has 0 unspecified atom stereocenters. The maximum absolute atomic E-state index is 13.0. The van der Waals surface area contributed by atoms with Crippen LogP contribution in [-0.2, 0) is 6.42 Å². The van der Waals surface area contributed by atoms with E-state index in [1.165, 1.54) is 12.1 Å². The number of likely N-dealkylation sites (tertiary alicyclic amines) is 1. The predicted molar refractivity (Wildman–Crippen MR) is 152 cm³/mol. The lowest BCUT2D eigenvalue weighted by Crippen LogP contribution is -2.42. The molecule has 2 aliphatic rings. The average molecular weight is 554 g/mol. The van der Waals surface area contributed by atoms with Gasteiger partial charge in [-0.25, -0.2) is 4.39 Å². The highest BCUT2D eigenvalue weighted by Crippen LogP contribution is 2.49. The van der Waals surface area contributed by atoms with Crippen molar-refractivity contribution in [3.63, 3.8) is 0 Å². The number of nitrogens with zero attached hydrogens (tertiary/aromatic N) is 2. The van der Waals surface area contributed by atoms with E-state index < -0.39 is 10.9 Å². The van der Waals surface area contributed by atoms with Crippen molar-refractivity contribution in [1.82, 2.24) is 4.90 Å². The second-order valence-electron chi connectivity index (χ2n) is 10.2. The summed E-state index contributed by atoms with van der Waals surface area (Å²) in [7, 11) is 4.69. The van der Waals surface area contributed by atoms with E-state index >= 15 is 0 Å². The molecule has 1 N–H and O–H groups in total. The summed E-state index contributed by atoms with van der Waals surface area (Å²) in [5.41, 5.74) is 1.53. The van der Waals surface area contributed by atoms with Crippen molar-refractivity contribution in [1.29, 1.82) is 0 Å². The van der Waals surface area contributed by atoms with Crippen LogP contribution in [0.25, 0.3) is 0 Å². The summed E-state index contributed by atoms with van der Waals surface area (Å²) in [5.74, 6) is 2.61. The molecule has 2 aliphatic heterocycles. The van der Waals surface area contributed by atoms with Crippen LogP contribution in [0.1, 0.15) is 24.8 Å². The minimum Gasteiger partial charge on any atom is -0.494 e. The molecular formula is C30H36FN3O6. The van der Waals surface area contributed by atoms with Crippen molar-refractivity contribution in [2.45, 2.75) is 25.7 Å². The second kappa shape index (κ2) is 12.2. The number of hydrogen-bond acceptors (Lipinski definition) is 9. The molecule has 0 amide bonds. The Morgan fingerprint density at radius 2 is 1.68 bits per heavy atom. The summed E-state index contributed by atoms with van der Waals surface area (Å²) < 4.78 is 35.4. The Morgan fingerprint density at radius 3 is 2.35 bits per heavy atom. The molecule has 0 radical (unpaired) electrons. The number of ether oxygens (including phenoxy) is 4. The minimum absolute atomic E-state index is 0.265. The lowest BCUT2D eigenvalue weighted by atomic mass is 9.94. The maximum Gasteiger partial charge on any atom is 0.253 e. The fraction of sp³-hybridized carbons (Fsp3) is 0.467. The van der Waals surface area contributed by atoms with Gasteiger partial charge in [0.25, 0.3) is 10.9 Å². The van der Waals surface area contributed by atoms with Gasteiger partial charge in [0.2, 0.25) is 5.75 Å². The van der Waals surface area contributed by atoms with Crippen molar-refractivity contribution < 1.29 is 23.3 Å². The molecule has 0 atom stereocenters. The number of anilines is 3. The summed E-state index contributed by atoms with van der Waals surface area (Å²) in [6, 6.07) is 7.95. The molecule has 40 heavy (non-hydrogen) atoms. The first-order chi connectivity index (χ1) is 19.4. The monoisotopic (exact) mass is 553 g/mol. The summed E-state index contributed by atoms with van der Waals surface area (Å²) in [4.78, 5) is 29.5. The van der Waals surface area contributed by atoms with E-state index in [2.05, 4.69) is 10.2 Å². The van der Waals surface area contributed by atoms with E-state index in [4.69, 9.17) is 18.9 Å². The number of piperidine rings is 1. The Labute approximate surface area is 233 Å². The third kappa shape index (κ3) is 5.45. The smallest absolute Gasteiger partial charge is 0.253 e. The van der Waals surface area contributed by atoms with Crippen LogP contribution >= 0.6 is 0 Å². The Bertz CT molecular complexity index is 1390. The second-order valence-corrected chi connectivity index (χ2v) is 10.2. The van der Waals surface area contributed by atoms with Gasteiger partial charge in [-0.05, 0) is 69.0 Å². The van der Waals surface area contributed by atoms with E-state index in [0.29, 0.717) is 66.4 Å². The average Bonchev–Trinajstić information content (AvgIpc) is 3.39. The van der Waals surface area contributed by atoms with Crippen molar-refractivity contribution in [3.8, 4) is 23.0 Å². The molecule has 0 saturated carbocycles. The summed E-state index contributed by atoms with van der Waals surface area (Å²) in [6.45, 7) is 4.48. The van der Waals surface area contributed by atoms with Crippen LogP contribution in [0.2, 0.25) is 0 Å². The highest BCUT2D eigenvalue weighted by molar-refractivity contribution is 5.85. The van der Waals surface area contributed by atoms with Gasteiger partial charge in [-0.15, -0.1) is 0 Å². The van der Waals surface area contributed by atoms with E-state index in [1.807, 2.05) is 11.0 Å². The Balaban J connectivity index is 1.14. The van der Waals surface area contributed by atoms with Gasteiger partial charge in [-0.3, -0.25) is 9.59 Å². The van der Waals surface area contributed by atoms with Crippen LogP contribution in [0, 0.1) is 11.7 Å². The van der Waals surface area contributed by atoms with Gasteiger partial charge >= 0.3 is 0 Å². The van der Waals surface area contributed by atoms with E-state index in [1.54, 1.807) is 33.5 Å². The summed E-state index contributed by atoms with van der Waals surface area (Å²) in [5, 5.41) is 3.24. The van der Waals surface area contributed by atoms with Gasteiger partial charge in [-0.1, -0.05) is 0 Å². The van der Waals surface area contributed by atoms with Crippen LogP contribution in [0.3, 0.4) is 0 Å². The fourth-order valence-corrected chi connectivity index (χ4v) is 5.77. The number of benzene rings is 2. The topological polar surface area (TPSA) is 89.6 Å². The third-order valence-corrected chi connectivity index (χ3v) is 7.99. The van der Waals surface area contributed by atoms with Gasteiger partial charge in [-0.2, -0.15) is 0 Å². The standard InChI is InChI=1S/C30H36FN3O6/c1-37-24-18-23-22(29(38-2)30(24)39-3)10-15-34(23)26-25(27(35)28(26)36)32-12-16-33-13-8-19(9-14-33)11-17-40-21-6-4-20(31)5-7-21/h4-7,18-19,32H,8-17H2,1-3H3. The van der Waals surface area contributed by atoms with Crippen molar-refractivity contribution in [2.24, 2.45) is 5.92 Å². The van der Waals surface area contributed by atoms with Crippen LogP contribution in [-0.4, -0.2) is 65.6 Å². The van der Waals surface area contributed by atoms with Gasteiger partial charge in [0, 0.05) is 31.3 Å². The van der Waals surface area contributed by atoms with E-state index in [0.717, 1.165) is 50.1 Å². The molecular weight excluding hydrogens is 517 g/mol. The Kier molecular flexibility index (Phi) is 8.44. The van der Waals surface area contributed by atoms with Crippen molar-refractivity contribution >= 4 is 17.1 Å². The molecule has 0 spiro atoms. The zero-order valence-corrected chi connectivity index (χ0v) is 23.3. The molecule has 9 nitrogen and oxygen atoms in total. The zero-order valence-electron chi connectivity index (χ0n) is 23.3. The molecule has 0 aliphatic carbocycles. The van der Waals surface area contributed by atoms with E-state index in [9.17, 15) is 14.0 Å². The SMILES string of the molecule is COc1cc2c(c(OC)c1OC)CCN2c1c(NCCN2CCC(CCOc3ccc(F)cc3)CC2)c(=O)c1=O. The van der Waals surface area contributed by atoms with Crippen LogP contribution < -0.4 is 40.0 Å². The largest absolute Gasteiger partial charge is 0.494 e. The van der Waals surface area contributed by atoms with Crippen molar-refractivity contribution in [3.05, 3.63) is 62.2 Å². The van der Waals surface area contributed by atoms with Gasteiger partial charge in [0.05, 0.1) is 33.6 Å². The highest BCUT2D eigenvalue weighted by Gasteiger charge is 2.35. The van der Waals surface area contributed by atoms with Crippen LogP contribution in [0.5, 0.6) is 23.0 Å². The maximum atomic E-state index is 13.0. The third-order valence-electron chi connectivity index (χ3n) is 7.99. The number of methoxy groups -OCH3 is 3. The van der Waals surface area contributed by atoms with Crippen molar-refractivity contribution in [2.75, 3.05) is 70.9 Å². The first-order valence-electron chi connectivity index (χ1n) is 13.7. The molecule has 2 heterocycles. The highest BCUT2D eigenvalue weighted by atomic mass is 19.1. The number of halogens is 1. The summed E-state index contributed by atoms with van der Waals surface area (Å²) >= 11 is 0. The summed E-state index contributed by atoms with van der Waals surface area (Å²) in [6.07, 6.45) is 3.78. The quantitative estimate of drug-likeness (QED) is 0.337. The lowest BCUT2D eigenvalue weighted by Gasteiger charge is -2.32. The first kappa shape index (κ1) is 27.8. The minimum atomic E-state index is -0.479. The predicted octanol–water partition coefficient (Wildman–Crippen LogP) is 3.73.